The van der Waals surface area contributed by atoms with Crippen molar-refractivity contribution >= 4 is 5.91 Å². The number of carbonyl (C=O) groups is 1. The maximum atomic E-state index is 13.0. The molecule has 0 spiro atoms. The number of aryl methyl sites for hydroxylation is 1. The summed E-state index contributed by atoms with van der Waals surface area (Å²) in [5.74, 6) is 0.324. The molecule has 0 aliphatic carbocycles. The molecule has 0 radical (unpaired) electrons. The highest BCUT2D eigenvalue weighted by Crippen LogP contribution is 2.19. The van der Waals surface area contributed by atoms with Crippen molar-refractivity contribution in [3.8, 4) is 5.75 Å². The molecule has 1 N–H and O–H groups in total. The Hall–Kier alpha value is -3.15. The molecular formula is C20H19FN2O3. The molecule has 1 unspecified atom stereocenters. The van der Waals surface area contributed by atoms with Gasteiger partial charge in [0.2, 0.25) is 0 Å². The molecule has 1 atom stereocenters. The molecule has 0 saturated heterocycles. The second-order valence-electron chi connectivity index (χ2n) is 5.91. The molecule has 0 aliphatic heterocycles. The fraction of sp³-hybridized carbons (Fsp3) is 0.200. The van der Waals surface area contributed by atoms with E-state index in [0.717, 1.165) is 5.56 Å². The third kappa shape index (κ3) is 4.08. The van der Waals surface area contributed by atoms with Crippen molar-refractivity contribution < 1.29 is 18.4 Å². The van der Waals surface area contributed by atoms with Crippen molar-refractivity contribution in [2.24, 2.45) is 0 Å². The lowest BCUT2D eigenvalue weighted by molar-refractivity contribution is 0.0928. The molecule has 6 heteroatoms. The van der Waals surface area contributed by atoms with Crippen molar-refractivity contribution in [3.05, 3.63) is 83.0 Å². The number of nitrogens with zero attached hydrogens (tertiary/aromatic N) is 1. The summed E-state index contributed by atoms with van der Waals surface area (Å²) in [5.41, 5.74) is 1.74. The number of carbonyl (C=O) groups excluding carboxylic acids is 1. The van der Waals surface area contributed by atoms with Crippen LogP contribution in [0.5, 0.6) is 5.75 Å². The Labute approximate surface area is 150 Å². The summed E-state index contributed by atoms with van der Waals surface area (Å²) in [6.07, 6.45) is 0. The molecule has 1 aromatic heterocycles. The van der Waals surface area contributed by atoms with Gasteiger partial charge in [0.1, 0.15) is 23.9 Å². The van der Waals surface area contributed by atoms with Gasteiger partial charge in [-0.05, 0) is 43.7 Å². The first-order valence-corrected chi connectivity index (χ1v) is 8.24. The van der Waals surface area contributed by atoms with Crippen LogP contribution in [-0.4, -0.2) is 11.1 Å². The van der Waals surface area contributed by atoms with E-state index in [4.69, 9.17) is 9.26 Å². The molecule has 0 bridgehead atoms. The molecule has 3 rings (SSSR count). The van der Waals surface area contributed by atoms with Gasteiger partial charge in [-0.3, -0.25) is 4.79 Å². The van der Waals surface area contributed by atoms with Crippen LogP contribution in [0.2, 0.25) is 0 Å². The topological polar surface area (TPSA) is 64.4 Å². The van der Waals surface area contributed by atoms with Gasteiger partial charge in [0.05, 0.1) is 11.6 Å². The number of hydrogen-bond donors (Lipinski definition) is 1. The van der Waals surface area contributed by atoms with Gasteiger partial charge in [0.15, 0.2) is 5.69 Å². The minimum absolute atomic E-state index is 0.101. The van der Waals surface area contributed by atoms with E-state index in [9.17, 15) is 9.18 Å². The number of halogens is 1. The maximum absolute atomic E-state index is 13.0. The third-order valence-corrected chi connectivity index (χ3v) is 4.04. The van der Waals surface area contributed by atoms with Gasteiger partial charge in [0, 0.05) is 0 Å². The van der Waals surface area contributed by atoms with Crippen LogP contribution in [0.15, 0.2) is 59.1 Å². The van der Waals surface area contributed by atoms with Crippen LogP contribution in [0, 0.1) is 12.7 Å². The summed E-state index contributed by atoms with van der Waals surface area (Å²) in [5, 5.41) is 6.77. The molecule has 1 heterocycles. The number of rotatable bonds is 6. The van der Waals surface area contributed by atoms with Gasteiger partial charge >= 0.3 is 0 Å². The molecular weight excluding hydrogens is 335 g/mol. The Morgan fingerprint density at radius 3 is 2.58 bits per heavy atom. The Morgan fingerprint density at radius 1 is 1.19 bits per heavy atom. The lowest BCUT2D eigenvalue weighted by Gasteiger charge is -2.14. The fourth-order valence-electron chi connectivity index (χ4n) is 2.52. The highest BCUT2D eigenvalue weighted by Gasteiger charge is 2.22. The van der Waals surface area contributed by atoms with E-state index in [-0.39, 0.29) is 30.1 Å². The Bertz CT molecular complexity index is 876. The zero-order valence-electron chi connectivity index (χ0n) is 14.5. The van der Waals surface area contributed by atoms with Crippen molar-refractivity contribution in [1.29, 1.82) is 0 Å². The highest BCUT2D eigenvalue weighted by molar-refractivity contribution is 5.94. The van der Waals surface area contributed by atoms with Crippen LogP contribution in [0.25, 0.3) is 0 Å². The van der Waals surface area contributed by atoms with E-state index >= 15 is 0 Å². The van der Waals surface area contributed by atoms with Crippen molar-refractivity contribution in [2.75, 3.05) is 0 Å². The monoisotopic (exact) mass is 354 g/mol. The van der Waals surface area contributed by atoms with E-state index in [1.165, 1.54) is 24.3 Å². The van der Waals surface area contributed by atoms with E-state index in [1.807, 2.05) is 37.3 Å². The average Bonchev–Trinajstić information content (AvgIpc) is 3.02. The van der Waals surface area contributed by atoms with Crippen molar-refractivity contribution in [2.45, 2.75) is 26.5 Å². The van der Waals surface area contributed by atoms with Gasteiger partial charge in [-0.2, -0.15) is 0 Å². The van der Waals surface area contributed by atoms with Gasteiger partial charge < -0.3 is 14.6 Å². The van der Waals surface area contributed by atoms with Crippen LogP contribution >= 0.6 is 0 Å². The molecule has 2 aromatic carbocycles. The smallest absolute Gasteiger partial charge is 0.274 e. The third-order valence-electron chi connectivity index (χ3n) is 4.04. The molecule has 0 fully saturated rings. The molecule has 0 aliphatic rings. The van der Waals surface area contributed by atoms with Gasteiger partial charge in [0.25, 0.3) is 5.91 Å². The second-order valence-corrected chi connectivity index (χ2v) is 5.91. The maximum Gasteiger partial charge on any atom is 0.274 e. The van der Waals surface area contributed by atoms with Crippen LogP contribution in [0.3, 0.4) is 0 Å². The normalized spacial score (nSPS) is 11.8. The first kappa shape index (κ1) is 17.7. The quantitative estimate of drug-likeness (QED) is 0.721. The molecule has 1 amide bonds. The van der Waals surface area contributed by atoms with Crippen LogP contribution in [0.4, 0.5) is 4.39 Å². The first-order valence-electron chi connectivity index (χ1n) is 8.24. The number of benzene rings is 2. The number of ether oxygens (including phenoxy) is 1. The van der Waals surface area contributed by atoms with Crippen LogP contribution in [-0.2, 0) is 6.61 Å². The molecule has 5 nitrogen and oxygen atoms in total. The van der Waals surface area contributed by atoms with Crippen molar-refractivity contribution in [1.82, 2.24) is 10.5 Å². The lowest BCUT2D eigenvalue weighted by Crippen LogP contribution is -2.28. The van der Waals surface area contributed by atoms with Gasteiger partial charge in [-0.1, -0.05) is 35.5 Å². The summed E-state index contributed by atoms with van der Waals surface area (Å²) in [6.45, 7) is 3.71. The minimum atomic E-state index is -0.339. The van der Waals surface area contributed by atoms with Gasteiger partial charge in [-0.15, -0.1) is 0 Å². The average molecular weight is 354 g/mol. The zero-order valence-corrected chi connectivity index (χ0v) is 14.5. The molecule has 0 saturated carbocycles. The number of hydrogen-bond acceptors (Lipinski definition) is 4. The number of nitrogens with one attached hydrogen (secondary N) is 1. The number of aromatic nitrogens is 1. The van der Waals surface area contributed by atoms with E-state index in [2.05, 4.69) is 10.5 Å². The summed E-state index contributed by atoms with van der Waals surface area (Å²) in [7, 11) is 0. The zero-order chi connectivity index (χ0) is 18.5. The molecule has 3 aromatic rings. The largest absolute Gasteiger partial charge is 0.489 e. The van der Waals surface area contributed by atoms with E-state index in [1.54, 1.807) is 6.92 Å². The Balaban J connectivity index is 1.70. The predicted octanol–water partition coefficient (Wildman–Crippen LogP) is 4.19. The Morgan fingerprint density at radius 2 is 1.88 bits per heavy atom. The second kappa shape index (κ2) is 7.82. The minimum Gasteiger partial charge on any atom is -0.489 e. The van der Waals surface area contributed by atoms with Crippen LogP contribution < -0.4 is 10.1 Å². The summed E-state index contributed by atoms with van der Waals surface area (Å²) in [6, 6.07) is 15.1. The van der Waals surface area contributed by atoms with Crippen molar-refractivity contribution in [3.63, 3.8) is 0 Å². The first-order chi connectivity index (χ1) is 12.5. The fourth-order valence-corrected chi connectivity index (χ4v) is 2.52. The SMILES string of the molecule is Cc1onc(C(=O)NC(C)c2ccccc2)c1COc1ccc(F)cc1. The van der Waals surface area contributed by atoms with Crippen LogP contribution in [0.1, 0.15) is 40.3 Å². The predicted molar refractivity (Wildman–Crippen MR) is 94.3 cm³/mol. The lowest BCUT2D eigenvalue weighted by atomic mass is 10.1. The highest BCUT2D eigenvalue weighted by atomic mass is 19.1. The van der Waals surface area contributed by atoms with Gasteiger partial charge in [-0.25, -0.2) is 4.39 Å². The Kier molecular flexibility index (Phi) is 5.31. The molecule has 134 valence electrons. The summed E-state index contributed by atoms with van der Waals surface area (Å²) < 4.78 is 23.7. The van der Waals surface area contributed by atoms with E-state index < -0.39 is 0 Å². The summed E-state index contributed by atoms with van der Waals surface area (Å²) in [4.78, 5) is 12.6. The van der Waals surface area contributed by atoms with E-state index in [0.29, 0.717) is 17.1 Å². The molecule has 26 heavy (non-hydrogen) atoms. The summed E-state index contributed by atoms with van der Waals surface area (Å²) >= 11 is 0. The number of amides is 1. The standard InChI is InChI=1S/C20H19FN2O3/c1-13(15-6-4-3-5-7-15)22-20(24)19-18(14(2)26-23-19)12-25-17-10-8-16(21)9-11-17/h3-11,13H,12H2,1-2H3,(H,22,24).